The van der Waals surface area contributed by atoms with Crippen LogP contribution in [0.4, 0.5) is 0 Å². The quantitative estimate of drug-likeness (QED) is 0.785. The molecular weight excluding hydrogens is 280 g/mol. The normalized spacial score (nSPS) is 12.7. The van der Waals surface area contributed by atoms with Crippen LogP contribution in [0.25, 0.3) is 10.8 Å². The van der Waals surface area contributed by atoms with Crippen LogP contribution in [0.3, 0.4) is 0 Å². The summed E-state index contributed by atoms with van der Waals surface area (Å²) in [6.07, 6.45) is 4.66. The van der Waals surface area contributed by atoms with Gasteiger partial charge in [0.15, 0.2) is 0 Å². The molecule has 0 amide bonds. The van der Waals surface area contributed by atoms with Crippen LogP contribution in [0, 0.1) is 0 Å². The van der Waals surface area contributed by atoms with Crippen molar-refractivity contribution in [3.05, 3.63) is 52.8 Å². The van der Waals surface area contributed by atoms with E-state index in [9.17, 15) is 0 Å². The lowest BCUT2D eigenvalue weighted by Crippen LogP contribution is -2.22. The molecule has 1 unspecified atom stereocenters. The van der Waals surface area contributed by atoms with Crippen LogP contribution in [0.1, 0.15) is 36.0 Å². The first-order chi connectivity index (χ1) is 10.3. The Kier molecular flexibility index (Phi) is 4.22. The average molecular weight is 298 g/mol. The lowest BCUT2D eigenvalue weighted by atomic mass is 9.97. The monoisotopic (exact) mass is 298 g/mol. The lowest BCUT2D eigenvalue weighted by Gasteiger charge is -2.19. The average Bonchev–Trinajstić information content (AvgIpc) is 3.00. The van der Waals surface area contributed by atoms with Crippen LogP contribution >= 0.6 is 11.5 Å². The number of nitrogens with zero attached hydrogens (tertiary/aromatic N) is 3. The van der Waals surface area contributed by atoms with Gasteiger partial charge in [-0.15, -0.1) is 5.10 Å². The summed E-state index contributed by atoms with van der Waals surface area (Å²) in [6, 6.07) is 8.57. The zero-order valence-electron chi connectivity index (χ0n) is 12.2. The number of benzene rings is 1. The second-order valence-electron chi connectivity index (χ2n) is 4.87. The van der Waals surface area contributed by atoms with E-state index in [4.69, 9.17) is 0 Å². The molecule has 2 heterocycles. The topological polar surface area (TPSA) is 50.7 Å². The number of aromatic nitrogens is 3. The fraction of sp³-hybridized carbons (Fsp3) is 0.312. The highest BCUT2D eigenvalue weighted by Crippen LogP contribution is 2.31. The molecule has 2 aromatic heterocycles. The Morgan fingerprint density at radius 1 is 1.24 bits per heavy atom. The number of aryl methyl sites for hydroxylation is 1. The summed E-state index contributed by atoms with van der Waals surface area (Å²) in [5, 5.41) is 10.2. The van der Waals surface area contributed by atoms with Crippen LogP contribution in [0.5, 0.6) is 0 Å². The van der Waals surface area contributed by atoms with E-state index < -0.39 is 0 Å². The molecule has 0 spiro atoms. The zero-order chi connectivity index (χ0) is 14.7. The van der Waals surface area contributed by atoms with Crippen molar-refractivity contribution < 1.29 is 0 Å². The maximum absolute atomic E-state index is 4.26. The van der Waals surface area contributed by atoms with Crippen LogP contribution in [-0.2, 0) is 6.42 Å². The van der Waals surface area contributed by atoms with E-state index in [1.807, 2.05) is 12.4 Å². The van der Waals surface area contributed by atoms with E-state index in [1.54, 1.807) is 0 Å². The summed E-state index contributed by atoms with van der Waals surface area (Å²) in [7, 11) is 0. The van der Waals surface area contributed by atoms with Gasteiger partial charge in [0.25, 0.3) is 0 Å². The maximum Gasteiger partial charge on any atom is 0.0804 e. The molecule has 0 radical (unpaired) electrons. The van der Waals surface area contributed by atoms with E-state index in [2.05, 4.69) is 58.0 Å². The van der Waals surface area contributed by atoms with Gasteiger partial charge in [-0.2, -0.15) is 0 Å². The summed E-state index contributed by atoms with van der Waals surface area (Å²) in [6.45, 7) is 5.14. The van der Waals surface area contributed by atoms with Gasteiger partial charge in [-0.25, -0.2) is 0 Å². The van der Waals surface area contributed by atoms with Crippen molar-refractivity contribution in [1.82, 2.24) is 19.9 Å². The smallest absolute Gasteiger partial charge is 0.0804 e. The van der Waals surface area contributed by atoms with Crippen LogP contribution in [0.15, 0.2) is 36.7 Å². The van der Waals surface area contributed by atoms with E-state index in [1.165, 1.54) is 27.4 Å². The predicted molar refractivity (Wildman–Crippen MR) is 86.5 cm³/mol. The van der Waals surface area contributed by atoms with Gasteiger partial charge in [0.2, 0.25) is 0 Å². The predicted octanol–water partition coefficient (Wildman–Crippen LogP) is 3.35. The van der Waals surface area contributed by atoms with E-state index in [0.29, 0.717) is 0 Å². The van der Waals surface area contributed by atoms with Gasteiger partial charge in [0.05, 0.1) is 16.6 Å². The number of hydrogen-bond acceptors (Lipinski definition) is 5. The second kappa shape index (κ2) is 6.28. The molecule has 0 aliphatic carbocycles. The molecule has 0 bridgehead atoms. The van der Waals surface area contributed by atoms with E-state index >= 15 is 0 Å². The van der Waals surface area contributed by atoms with Gasteiger partial charge in [0.1, 0.15) is 0 Å². The van der Waals surface area contributed by atoms with Crippen molar-refractivity contribution in [2.24, 2.45) is 0 Å². The van der Waals surface area contributed by atoms with Crippen molar-refractivity contribution in [1.29, 1.82) is 0 Å². The molecule has 5 heteroatoms. The van der Waals surface area contributed by atoms with Gasteiger partial charge in [-0.3, -0.25) is 4.98 Å². The van der Waals surface area contributed by atoms with Crippen LogP contribution < -0.4 is 5.32 Å². The SMILES string of the molecule is CCNC(c1snnc1CC)c1cccc2cnccc12. The Balaban J connectivity index is 2.16. The van der Waals surface area contributed by atoms with Crippen molar-refractivity contribution in [3.8, 4) is 0 Å². The zero-order valence-corrected chi connectivity index (χ0v) is 13.0. The minimum absolute atomic E-state index is 0.135. The number of fused-ring (bicyclic) bond motifs is 1. The minimum Gasteiger partial charge on any atom is -0.306 e. The third-order valence-corrected chi connectivity index (χ3v) is 4.45. The van der Waals surface area contributed by atoms with Crippen molar-refractivity contribution in [2.45, 2.75) is 26.3 Å². The molecular formula is C16H18N4S. The molecule has 108 valence electrons. The highest BCUT2D eigenvalue weighted by atomic mass is 32.1. The number of hydrogen-bond donors (Lipinski definition) is 1. The highest BCUT2D eigenvalue weighted by molar-refractivity contribution is 7.05. The van der Waals surface area contributed by atoms with Gasteiger partial charge < -0.3 is 5.32 Å². The number of pyridine rings is 1. The van der Waals surface area contributed by atoms with Gasteiger partial charge in [0, 0.05) is 17.8 Å². The third-order valence-electron chi connectivity index (χ3n) is 3.62. The molecule has 21 heavy (non-hydrogen) atoms. The Morgan fingerprint density at radius 2 is 2.14 bits per heavy atom. The first kappa shape index (κ1) is 14.1. The summed E-state index contributed by atoms with van der Waals surface area (Å²) >= 11 is 1.49. The van der Waals surface area contributed by atoms with Crippen molar-refractivity contribution in [2.75, 3.05) is 6.54 Å². The summed E-state index contributed by atoms with van der Waals surface area (Å²) < 4.78 is 4.14. The fourth-order valence-electron chi connectivity index (χ4n) is 2.63. The first-order valence-corrected chi connectivity index (χ1v) is 7.99. The number of nitrogens with one attached hydrogen (secondary N) is 1. The molecule has 0 saturated heterocycles. The second-order valence-corrected chi connectivity index (χ2v) is 5.66. The Labute approximate surface area is 128 Å². The third kappa shape index (κ3) is 2.66. The summed E-state index contributed by atoms with van der Waals surface area (Å²) in [5.41, 5.74) is 2.34. The fourth-order valence-corrected chi connectivity index (χ4v) is 3.46. The molecule has 0 saturated carbocycles. The first-order valence-electron chi connectivity index (χ1n) is 7.22. The van der Waals surface area contributed by atoms with E-state index in [0.717, 1.165) is 24.0 Å². The standard InChI is InChI=1S/C16H18N4S/c1-3-14-16(21-20-19-14)15(18-4-2)13-7-5-6-11-10-17-9-8-12(11)13/h5-10,15,18H,3-4H2,1-2H3. The summed E-state index contributed by atoms with van der Waals surface area (Å²) in [5.74, 6) is 0. The van der Waals surface area contributed by atoms with Crippen molar-refractivity contribution in [3.63, 3.8) is 0 Å². The highest BCUT2D eigenvalue weighted by Gasteiger charge is 2.21. The molecule has 0 aliphatic heterocycles. The van der Waals surface area contributed by atoms with Gasteiger partial charge in [-0.1, -0.05) is 36.5 Å². The molecule has 1 aromatic carbocycles. The molecule has 0 aliphatic rings. The van der Waals surface area contributed by atoms with Gasteiger partial charge in [-0.05, 0) is 41.5 Å². The van der Waals surface area contributed by atoms with E-state index in [-0.39, 0.29) is 6.04 Å². The molecule has 0 fully saturated rings. The van der Waals surface area contributed by atoms with Crippen molar-refractivity contribution >= 4 is 22.3 Å². The van der Waals surface area contributed by atoms with Crippen LogP contribution in [-0.4, -0.2) is 21.1 Å². The van der Waals surface area contributed by atoms with Gasteiger partial charge >= 0.3 is 0 Å². The summed E-state index contributed by atoms with van der Waals surface area (Å²) in [4.78, 5) is 5.43. The Hall–Kier alpha value is -1.85. The number of rotatable bonds is 5. The Bertz CT molecular complexity index is 732. The molecule has 4 nitrogen and oxygen atoms in total. The molecule has 3 aromatic rings. The Morgan fingerprint density at radius 3 is 2.95 bits per heavy atom. The molecule has 3 rings (SSSR count). The van der Waals surface area contributed by atoms with Crippen LogP contribution in [0.2, 0.25) is 0 Å². The molecule has 1 N–H and O–H groups in total. The largest absolute Gasteiger partial charge is 0.306 e. The minimum atomic E-state index is 0.135. The lowest BCUT2D eigenvalue weighted by molar-refractivity contribution is 0.636. The molecule has 1 atom stereocenters. The maximum atomic E-state index is 4.26.